The molecular weight excluding hydrogens is 380 g/mol. The molecule has 1 aliphatic heterocycles. The third-order valence-electron chi connectivity index (χ3n) is 7.19. The van der Waals surface area contributed by atoms with E-state index in [2.05, 4.69) is 17.3 Å². The van der Waals surface area contributed by atoms with Gasteiger partial charge in [-0.1, -0.05) is 24.3 Å². The largest absolute Gasteiger partial charge is 0.504 e. The van der Waals surface area contributed by atoms with Crippen LogP contribution in [-0.2, 0) is 14.9 Å². The Bertz CT molecular complexity index is 1040. The van der Waals surface area contributed by atoms with Gasteiger partial charge in [0.2, 0.25) is 0 Å². The normalized spacial score (nSPS) is 30.1. The number of ketones is 1. The molecule has 30 heavy (non-hydrogen) atoms. The Morgan fingerprint density at radius 1 is 1.17 bits per heavy atom. The summed E-state index contributed by atoms with van der Waals surface area (Å²) in [6.45, 7) is 0.798. The summed E-state index contributed by atoms with van der Waals surface area (Å²) < 4.78 is 5.41. The number of allylic oxidation sites excluding steroid dienone is 1. The molecule has 0 spiro atoms. The summed E-state index contributed by atoms with van der Waals surface area (Å²) in [7, 11) is 3.64. The standard InChI is InChI=1S/C24H26N2O4/c1-26-11-10-24-13-18(28)19(30-2)12-16(24)22(26)21(25-14-6-4-3-5-7-14)15-8-9-17(27)23(29)20(15)24/h3-9,12,16,21-22,25,27,29H,10-11,13H2,1-2H3/t16?,21-,22-,24-/m1/s1. The molecule has 4 atom stereocenters. The highest BCUT2D eigenvalue weighted by Crippen LogP contribution is 2.60. The molecule has 0 radical (unpaired) electrons. The molecule has 1 saturated heterocycles. The van der Waals surface area contributed by atoms with Crippen LogP contribution in [0.4, 0.5) is 5.69 Å². The number of piperidine rings is 1. The van der Waals surface area contributed by atoms with Crippen molar-refractivity contribution in [2.75, 3.05) is 26.0 Å². The summed E-state index contributed by atoms with van der Waals surface area (Å²) in [4.78, 5) is 15.2. The summed E-state index contributed by atoms with van der Waals surface area (Å²) in [5.41, 5.74) is 2.06. The predicted molar refractivity (Wildman–Crippen MR) is 113 cm³/mol. The van der Waals surface area contributed by atoms with Gasteiger partial charge in [0.15, 0.2) is 23.0 Å². The Morgan fingerprint density at radius 2 is 1.93 bits per heavy atom. The number of Topliss-reactive ketones (excluding diaryl/α,β-unsaturated/α-hetero) is 1. The van der Waals surface area contributed by atoms with Gasteiger partial charge in [0, 0.05) is 35.0 Å². The Kier molecular flexibility index (Phi) is 4.29. The maximum absolute atomic E-state index is 12.9. The van der Waals surface area contributed by atoms with Crippen LogP contribution in [0.2, 0.25) is 0 Å². The lowest BCUT2D eigenvalue weighted by molar-refractivity contribution is -0.123. The van der Waals surface area contributed by atoms with Crippen molar-refractivity contribution in [1.82, 2.24) is 4.90 Å². The van der Waals surface area contributed by atoms with Crippen LogP contribution in [0, 0.1) is 5.92 Å². The molecule has 3 N–H and O–H groups in total. The van der Waals surface area contributed by atoms with Crippen LogP contribution in [0.5, 0.6) is 11.5 Å². The van der Waals surface area contributed by atoms with Crippen molar-refractivity contribution in [2.24, 2.45) is 5.92 Å². The zero-order valence-corrected chi connectivity index (χ0v) is 17.1. The number of nitrogens with one attached hydrogen (secondary N) is 1. The van der Waals surface area contributed by atoms with Gasteiger partial charge >= 0.3 is 0 Å². The van der Waals surface area contributed by atoms with Crippen molar-refractivity contribution in [3.8, 4) is 11.5 Å². The number of benzene rings is 2. The Labute approximate surface area is 175 Å². The first-order chi connectivity index (χ1) is 14.5. The van der Waals surface area contributed by atoms with Crippen LogP contribution in [0.3, 0.4) is 0 Å². The first-order valence-corrected chi connectivity index (χ1v) is 10.3. The number of ether oxygens (including phenoxy) is 1. The molecule has 2 bridgehead atoms. The number of phenolic OH excluding ortho intramolecular Hbond substituents is 2. The van der Waals surface area contributed by atoms with Crippen LogP contribution < -0.4 is 5.32 Å². The Hall–Kier alpha value is -2.99. The van der Waals surface area contributed by atoms with Gasteiger partial charge < -0.3 is 25.2 Å². The Morgan fingerprint density at radius 3 is 2.67 bits per heavy atom. The van der Waals surface area contributed by atoms with Crippen LogP contribution in [0.25, 0.3) is 0 Å². The van der Waals surface area contributed by atoms with Crippen molar-refractivity contribution < 1.29 is 19.7 Å². The second kappa shape index (κ2) is 6.77. The molecule has 2 aliphatic carbocycles. The number of phenols is 2. The molecule has 6 heteroatoms. The van der Waals surface area contributed by atoms with Gasteiger partial charge in [0.25, 0.3) is 0 Å². The maximum atomic E-state index is 12.9. The van der Waals surface area contributed by atoms with E-state index in [1.165, 1.54) is 7.11 Å². The molecule has 156 valence electrons. The molecule has 6 nitrogen and oxygen atoms in total. The van der Waals surface area contributed by atoms with Crippen molar-refractivity contribution in [3.05, 3.63) is 65.4 Å². The van der Waals surface area contributed by atoms with Gasteiger partial charge in [-0.05, 0) is 49.9 Å². The maximum Gasteiger partial charge on any atom is 0.197 e. The lowest BCUT2D eigenvalue weighted by Crippen LogP contribution is -2.62. The number of hydrogen-bond acceptors (Lipinski definition) is 6. The van der Waals surface area contributed by atoms with E-state index < -0.39 is 5.41 Å². The number of nitrogens with zero attached hydrogens (tertiary/aromatic N) is 1. The average molecular weight is 406 g/mol. The minimum Gasteiger partial charge on any atom is -0.504 e. The highest BCUT2D eigenvalue weighted by atomic mass is 16.5. The second-order valence-electron chi connectivity index (χ2n) is 8.62. The average Bonchev–Trinajstić information content (AvgIpc) is 2.74. The van der Waals surface area contributed by atoms with E-state index in [1.807, 2.05) is 42.5 Å². The SMILES string of the molecule is COC1=CC2[C@@H]3[C@H](Nc4ccccc4)c4ccc(O)c(O)c4[C@]2(CCN3C)CC1=O. The molecule has 0 amide bonds. The third kappa shape index (κ3) is 2.56. The minimum atomic E-state index is -0.552. The fourth-order valence-electron chi connectivity index (χ4n) is 5.85. The zero-order valence-electron chi connectivity index (χ0n) is 17.1. The number of hydrogen-bond donors (Lipinski definition) is 3. The van der Waals surface area contributed by atoms with Crippen molar-refractivity contribution in [1.29, 1.82) is 0 Å². The van der Waals surface area contributed by atoms with Gasteiger partial charge in [-0.15, -0.1) is 0 Å². The number of rotatable bonds is 3. The number of anilines is 1. The summed E-state index contributed by atoms with van der Waals surface area (Å²) >= 11 is 0. The fraction of sp³-hybridized carbons (Fsp3) is 0.375. The molecule has 1 fully saturated rings. The number of carbonyl (C=O) groups is 1. The summed E-state index contributed by atoms with van der Waals surface area (Å²) in [6.07, 6.45) is 2.94. The molecule has 0 saturated carbocycles. The number of carbonyl (C=O) groups excluding carboxylic acids is 1. The quantitative estimate of drug-likeness (QED) is 0.679. The van der Waals surface area contributed by atoms with Crippen molar-refractivity contribution >= 4 is 11.5 Å². The molecule has 3 aliphatic rings. The van der Waals surface area contributed by atoms with E-state index in [-0.39, 0.29) is 41.7 Å². The van der Waals surface area contributed by atoms with Gasteiger partial charge in [-0.3, -0.25) is 4.79 Å². The molecule has 1 heterocycles. The van der Waals surface area contributed by atoms with Gasteiger partial charge in [0.05, 0.1) is 13.2 Å². The van der Waals surface area contributed by atoms with E-state index in [4.69, 9.17) is 4.74 Å². The van der Waals surface area contributed by atoms with E-state index in [9.17, 15) is 15.0 Å². The summed E-state index contributed by atoms with van der Waals surface area (Å²) in [6, 6.07) is 13.3. The lowest BCUT2D eigenvalue weighted by atomic mass is 9.52. The molecule has 2 aromatic carbocycles. The highest BCUT2D eigenvalue weighted by molar-refractivity contribution is 5.96. The first-order valence-electron chi connectivity index (χ1n) is 10.3. The minimum absolute atomic E-state index is 0.0367. The number of para-hydroxylation sites is 1. The predicted octanol–water partition coefficient (Wildman–Crippen LogP) is 3.33. The first kappa shape index (κ1) is 19.0. The molecular formula is C24H26N2O4. The Balaban J connectivity index is 1.76. The second-order valence-corrected chi connectivity index (χ2v) is 8.62. The summed E-state index contributed by atoms with van der Waals surface area (Å²) in [5, 5.41) is 25.0. The zero-order chi connectivity index (χ0) is 21.0. The van der Waals surface area contributed by atoms with Crippen LogP contribution >= 0.6 is 0 Å². The highest BCUT2D eigenvalue weighted by Gasteiger charge is 2.59. The number of fused-ring (bicyclic) bond motifs is 1. The van der Waals surface area contributed by atoms with E-state index in [0.29, 0.717) is 11.3 Å². The van der Waals surface area contributed by atoms with Crippen molar-refractivity contribution in [3.63, 3.8) is 0 Å². The van der Waals surface area contributed by atoms with E-state index in [1.54, 1.807) is 6.07 Å². The number of likely N-dealkylation sites (N-methyl/N-ethyl adjacent to an activating group) is 1. The fourth-order valence-corrected chi connectivity index (χ4v) is 5.85. The van der Waals surface area contributed by atoms with Crippen LogP contribution in [0.15, 0.2) is 54.3 Å². The summed E-state index contributed by atoms with van der Waals surface area (Å²) in [5.74, 6) is 0.0390. The van der Waals surface area contributed by atoms with Gasteiger partial charge in [0.1, 0.15) is 0 Å². The topological polar surface area (TPSA) is 82.0 Å². The molecule has 2 aromatic rings. The number of likely N-dealkylation sites (tertiary alicyclic amines) is 1. The molecule has 1 unspecified atom stereocenters. The molecule has 0 aromatic heterocycles. The van der Waals surface area contributed by atoms with Gasteiger partial charge in [-0.25, -0.2) is 0 Å². The van der Waals surface area contributed by atoms with Gasteiger partial charge in [-0.2, -0.15) is 0 Å². The number of methoxy groups -OCH3 is 1. The van der Waals surface area contributed by atoms with Crippen molar-refractivity contribution in [2.45, 2.75) is 30.3 Å². The monoisotopic (exact) mass is 406 g/mol. The van der Waals surface area contributed by atoms with E-state index in [0.717, 1.165) is 24.2 Å². The number of aromatic hydroxyl groups is 2. The van der Waals surface area contributed by atoms with Crippen LogP contribution in [0.1, 0.15) is 30.0 Å². The van der Waals surface area contributed by atoms with Crippen LogP contribution in [-0.4, -0.2) is 47.6 Å². The lowest BCUT2D eigenvalue weighted by Gasteiger charge is -2.59. The van der Waals surface area contributed by atoms with E-state index >= 15 is 0 Å². The molecule has 5 rings (SSSR count). The smallest absolute Gasteiger partial charge is 0.197 e. The third-order valence-corrected chi connectivity index (χ3v) is 7.19.